The van der Waals surface area contributed by atoms with Gasteiger partial charge in [0.05, 0.1) is 32.0 Å². The van der Waals surface area contributed by atoms with Crippen LogP contribution in [0.4, 0.5) is 0 Å². The molecule has 0 saturated carbocycles. The highest BCUT2D eigenvalue weighted by molar-refractivity contribution is 5.76. The van der Waals surface area contributed by atoms with Crippen molar-refractivity contribution in [3.8, 4) is 0 Å². The average molecular weight is 1210 g/mol. The van der Waals surface area contributed by atoms with Crippen LogP contribution in [0.15, 0.2) is 97.2 Å². The Morgan fingerprint density at radius 1 is 0.430 bits per heavy atom. The molecule has 2 heterocycles. The minimum Gasteiger partial charge on any atom is -0.394 e. The molecule has 0 bridgehead atoms. The summed E-state index contributed by atoms with van der Waals surface area (Å²) >= 11 is 0. The molecule has 2 aliphatic rings. The van der Waals surface area contributed by atoms with E-state index in [0.29, 0.717) is 6.42 Å². The van der Waals surface area contributed by atoms with Gasteiger partial charge in [0.1, 0.15) is 48.8 Å². The summed E-state index contributed by atoms with van der Waals surface area (Å²) in [6.45, 7) is 2.68. The average Bonchev–Trinajstić information content (AvgIpc) is 2.54. The summed E-state index contributed by atoms with van der Waals surface area (Å²) in [5.41, 5.74) is 0. The Morgan fingerprint density at radius 3 is 1.23 bits per heavy atom. The zero-order valence-corrected chi connectivity index (χ0v) is 53.8. The Hall–Kier alpha value is -3.09. The third kappa shape index (κ3) is 39.8. The zero-order valence-electron chi connectivity index (χ0n) is 53.8. The monoisotopic (exact) mass is 1210 g/mol. The van der Waals surface area contributed by atoms with E-state index in [4.69, 9.17) is 18.9 Å². The van der Waals surface area contributed by atoms with Crippen LogP contribution < -0.4 is 5.32 Å². The maximum absolute atomic E-state index is 13.3. The molecule has 2 saturated heterocycles. The Kier molecular flexibility index (Phi) is 51.4. The van der Waals surface area contributed by atoms with Gasteiger partial charge in [0.2, 0.25) is 5.91 Å². The fourth-order valence-electron chi connectivity index (χ4n) is 10.8. The van der Waals surface area contributed by atoms with Gasteiger partial charge in [0.15, 0.2) is 12.6 Å². The molecule has 9 N–H and O–H groups in total. The lowest BCUT2D eigenvalue weighted by Crippen LogP contribution is -2.65. The van der Waals surface area contributed by atoms with E-state index in [1.807, 2.05) is 6.08 Å². The Balaban J connectivity index is 1.73. The number of aliphatic hydroxyl groups excluding tert-OH is 8. The quantitative estimate of drug-likeness (QED) is 0.0204. The number of amides is 1. The zero-order chi connectivity index (χ0) is 62.3. The van der Waals surface area contributed by atoms with Crippen LogP contribution in [0.25, 0.3) is 0 Å². The lowest BCUT2D eigenvalue weighted by molar-refractivity contribution is -0.359. The molecule has 496 valence electrons. The van der Waals surface area contributed by atoms with Gasteiger partial charge in [0, 0.05) is 6.42 Å². The van der Waals surface area contributed by atoms with E-state index in [2.05, 4.69) is 104 Å². The second-order valence-electron chi connectivity index (χ2n) is 23.9. The van der Waals surface area contributed by atoms with Crippen LogP contribution in [0.1, 0.15) is 258 Å². The van der Waals surface area contributed by atoms with Crippen molar-refractivity contribution in [2.24, 2.45) is 0 Å². The van der Waals surface area contributed by atoms with E-state index in [-0.39, 0.29) is 18.9 Å². The fraction of sp³-hybridized carbons (Fsp3) is 0.764. The standard InChI is InChI=1S/C72H125NO13/c1-3-5-7-9-11-13-15-17-19-21-23-25-27-29-30-32-33-35-37-39-41-43-45-47-49-51-53-55-61(76)60(59-83-71-69(82)67(80)70(63(58-75)85-71)86-72-68(81)66(79)65(78)62(57-74)84-72)73-64(77)56-54-52-50-48-46-44-42-40-38-36-34-31-28-26-24-22-20-18-16-14-12-10-8-6-4-2/h6,8,12,14,18,20,24,26,31,34,38,40,44,46,53,55,60-63,65-72,74-76,78-82H,3-5,7,9-11,13,15-17,19,21-23,25,27-30,32-33,35-37,39,41-43,45,47-52,54,56-59H2,1-2H3,(H,73,77)/b8-6-,14-12-,20-18-,26-24-,34-31-,40-38-,46-44-,55-53+. The number of allylic oxidation sites excluding steroid dienone is 15. The number of nitrogens with one attached hydrogen (secondary N) is 1. The minimum atomic E-state index is -1.80. The molecule has 2 rings (SSSR count). The number of aliphatic hydroxyl groups is 8. The minimum absolute atomic E-state index is 0.236. The topological polar surface area (TPSA) is 228 Å². The number of hydrogen-bond donors (Lipinski definition) is 9. The summed E-state index contributed by atoms with van der Waals surface area (Å²) in [7, 11) is 0. The van der Waals surface area contributed by atoms with Crippen LogP contribution in [0.2, 0.25) is 0 Å². The molecule has 0 radical (unpaired) electrons. The van der Waals surface area contributed by atoms with Crippen LogP contribution in [0.5, 0.6) is 0 Å². The van der Waals surface area contributed by atoms with Gasteiger partial charge in [-0.25, -0.2) is 0 Å². The van der Waals surface area contributed by atoms with E-state index in [1.165, 1.54) is 148 Å². The third-order valence-corrected chi connectivity index (χ3v) is 16.3. The first-order valence-electron chi connectivity index (χ1n) is 34.5. The van der Waals surface area contributed by atoms with Crippen molar-refractivity contribution in [2.45, 2.75) is 331 Å². The van der Waals surface area contributed by atoms with Gasteiger partial charge in [-0.1, -0.05) is 272 Å². The molecule has 0 aromatic rings. The first kappa shape index (κ1) is 79.0. The molecule has 12 atom stereocenters. The lowest BCUT2D eigenvalue weighted by atomic mass is 9.97. The number of hydrogen-bond acceptors (Lipinski definition) is 13. The summed E-state index contributed by atoms with van der Waals surface area (Å²) < 4.78 is 22.8. The number of carbonyl (C=O) groups excluding carboxylic acids is 1. The number of rotatable bonds is 55. The molecule has 14 heteroatoms. The van der Waals surface area contributed by atoms with Crippen molar-refractivity contribution >= 4 is 5.91 Å². The van der Waals surface area contributed by atoms with Gasteiger partial charge in [-0.15, -0.1) is 0 Å². The maximum Gasteiger partial charge on any atom is 0.220 e. The van der Waals surface area contributed by atoms with E-state index in [1.54, 1.807) is 6.08 Å². The Labute approximate surface area is 522 Å². The van der Waals surface area contributed by atoms with Gasteiger partial charge in [-0.3, -0.25) is 4.79 Å². The molecule has 12 unspecified atom stereocenters. The predicted octanol–water partition coefficient (Wildman–Crippen LogP) is 13.8. The first-order chi connectivity index (χ1) is 42.1. The number of unbranched alkanes of at least 4 members (excludes halogenated alkanes) is 28. The number of ether oxygens (including phenoxy) is 4. The van der Waals surface area contributed by atoms with E-state index in [9.17, 15) is 45.6 Å². The van der Waals surface area contributed by atoms with Crippen LogP contribution in [-0.4, -0.2) is 140 Å². The van der Waals surface area contributed by atoms with Gasteiger partial charge < -0.3 is 65.1 Å². The van der Waals surface area contributed by atoms with Crippen molar-refractivity contribution in [1.29, 1.82) is 0 Å². The predicted molar refractivity (Wildman–Crippen MR) is 350 cm³/mol. The normalized spacial score (nSPS) is 24.0. The lowest BCUT2D eigenvalue weighted by Gasteiger charge is -2.46. The smallest absolute Gasteiger partial charge is 0.220 e. The summed E-state index contributed by atoms with van der Waals surface area (Å²) in [5, 5.41) is 87.4. The summed E-state index contributed by atoms with van der Waals surface area (Å²) in [6, 6.07) is -0.941. The van der Waals surface area contributed by atoms with Crippen molar-refractivity contribution in [1.82, 2.24) is 5.32 Å². The van der Waals surface area contributed by atoms with E-state index < -0.39 is 86.8 Å². The van der Waals surface area contributed by atoms with Crippen LogP contribution >= 0.6 is 0 Å². The first-order valence-corrected chi connectivity index (χ1v) is 34.5. The second-order valence-corrected chi connectivity index (χ2v) is 23.9. The third-order valence-electron chi connectivity index (χ3n) is 16.3. The van der Waals surface area contributed by atoms with Gasteiger partial charge in [-0.2, -0.15) is 0 Å². The highest BCUT2D eigenvalue weighted by atomic mass is 16.7. The maximum atomic E-state index is 13.3. The van der Waals surface area contributed by atoms with Crippen LogP contribution in [-0.2, 0) is 23.7 Å². The van der Waals surface area contributed by atoms with Gasteiger partial charge in [0.25, 0.3) is 0 Å². The van der Waals surface area contributed by atoms with Crippen molar-refractivity contribution in [3.63, 3.8) is 0 Å². The molecule has 0 aliphatic carbocycles. The van der Waals surface area contributed by atoms with E-state index in [0.717, 1.165) is 83.5 Å². The largest absolute Gasteiger partial charge is 0.394 e. The van der Waals surface area contributed by atoms with Gasteiger partial charge in [-0.05, 0) is 77.0 Å². The summed E-state index contributed by atoms with van der Waals surface area (Å²) in [5.74, 6) is -0.272. The summed E-state index contributed by atoms with van der Waals surface area (Å²) in [6.07, 6.45) is 61.7. The molecular weight excluding hydrogens is 1090 g/mol. The van der Waals surface area contributed by atoms with Crippen molar-refractivity contribution in [3.05, 3.63) is 97.2 Å². The SMILES string of the molecule is CC/C=C\C/C=C\C/C=C\C/C=C\C/C=C\C/C=C\C/C=C\CCCCCC(=O)NC(COC1OC(CO)C(OC2OC(CO)C(O)C(O)C2O)C(O)C1O)C(O)/C=C/CCCCCCCCCCCCCCCCCCCCCCCCCCC. The molecule has 0 aromatic heterocycles. The van der Waals surface area contributed by atoms with Crippen LogP contribution in [0.3, 0.4) is 0 Å². The molecule has 1 amide bonds. The second kappa shape index (κ2) is 55.9. The molecule has 86 heavy (non-hydrogen) atoms. The molecular formula is C72H125NO13. The fourth-order valence-corrected chi connectivity index (χ4v) is 10.8. The molecule has 0 spiro atoms. The van der Waals surface area contributed by atoms with E-state index >= 15 is 0 Å². The highest BCUT2D eigenvalue weighted by Gasteiger charge is 2.51. The molecule has 2 fully saturated rings. The molecule has 2 aliphatic heterocycles. The highest BCUT2D eigenvalue weighted by Crippen LogP contribution is 2.30. The summed E-state index contributed by atoms with van der Waals surface area (Å²) in [4.78, 5) is 13.3. The van der Waals surface area contributed by atoms with Crippen molar-refractivity contribution < 1.29 is 64.6 Å². The van der Waals surface area contributed by atoms with Gasteiger partial charge >= 0.3 is 0 Å². The molecule has 14 nitrogen and oxygen atoms in total. The molecule has 0 aromatic carbocycles. The number of carbonyl (C=O) groups is 1. The Morgan fingerprint density at radius 2 is 0.802 bits per heavy atom. The van der Waals surface area contributed by atoms with Crippen molar-refractivity contribution in [2.75, 3.05) is 19.8 Å². The Bertz CT molecular complexity index is 1810. The van der Waals surface area contributed by atoms with Crippen LogP contribution in [0, 0.1) is 0 Å².